The molecule has 5 heteroatoms. The van der Waals surface area contributed by atoms with Crippen molar-refractivity contribution in [2.75, 3.05) is 13.0 Å². The van der Waals surface area contributed by atoms with Crippen LogP contribution in [0, 0.1) is 6.92 Å². The van der Waals surface area contributed by atoms with Gasteiger partial charge in [0.25, 0.3) is 0 Å². The van der Waals surface area contributed by atoms with Crippen LogP contribution in [0.25, 0.3) is 11.5 Å². The van der Waals surface area contributed by atoms with Crippen LogP contribution >= 0.6 is 0 Å². The molecule has 1 rings (SSSR count). The molecule has 0 unspecified atom stereocenters. The van der Waals surface area contributed by atoms with Crippen LogP contribution in [0.2, 0.25) is 0 Å². The molecular weight excluding hydrogens is 240 g/mol. The Morgan fingerprint density at radius 2 is 2.16 bits per heavy atom. The minimum Gasteiger partial charge on any atom is -0.495 e. The van der Waals surface area contributed by atoms with E-state index < -0.39 is 0 Å². The van der Waals surface area contributed by atoms with E-state index in [9.17, 15) is 0 Å². The van der Waals surface area contributed by atoms with Gasteiger partial charge in [-0.25, -0.2) is 0 Å². The first-order valence-corrected chi connectivity index (χ1v) is 6.08. The Kier molecular flexibility index (Phi) is 4.80. The number of methoxy groups -OCH3 is 1. The average molecular weight is 262 g/mol. The van der Waals surface area contributed by atoms with E-state index in [1.807, 2.05) is 20.8 Å². The van der Waals surface area contributed by atoms with Crippen molar-refractivity contribution in [3.63, 3.8) is 0 Å². The number of aliphatic imine (C=N–C) groups is 1. The smallest absolute Gasteiger partial charge is 0.137 e. The van der Waals surface area contributed by atoms with Crippen LogP contribution in [0.4, 0.5) is 0 Å². The molecule has 0 saturated heterocycles. The fourth-order valence-corrected chi connectivity index (χ4v) is 1.75. The molecular formula is C14H22N4O. The molecule has 1 aromatic rings. The Bertz CT molecular complexity index is 524. The molecule has 5 nitrogen and oxygen atoms in total. The lowest BCUT2D eigenvalue weighted by Crippen LogP contribution is -2.10. The third-order valence-corrected chi connectivity index (χ3v) is 2.75. The van der Waals surface area contributed by atoms with Crippen molar-refractivity contribution >= 4 is 17.7 Å². The topological polar surface area (TPSA) is 78.6 Å². The van der Waals surface area contributed by atoms with E-state index in [-0.39, 0.29) is 6.04 Å². The van der Waals surface area contributed by atoms with E-state index in [2.05, 4.69) is 11.6 Å². The highest BCUT2D eigenvalue weighted by molar-refractivity contribution is 5.85. The third kappa shape index (κ3) is 3.40. The minimum atomic E-state index is 0.244. The number of aromatic nitrogens is 1. The Balaban J connectivity index is 3.12. The van der Waals surface area contributed by atoms with E-state index in [4.69, 9.17) is 16.3 Å². The van der Waals surface area contributed by atoms with Gasteiger partial charge >= 0.3 is 0 Å². The predicted octanol–water partition coefficient (Wildman–Crippen LogP) is 1.91. The second-order valence-corrected chi connectivity index (χ2v) is 4.56. The Labute approximate surface area is 114 Å². The Morgan fingerprint density at radius 3 is 2.68 bits per heavy atom. The first-order chi connectivity index (χ1) is 8.88. The SMILES string of the molecule is C=C(OC)c1c(C)c(/C(N)=C/C=NC(C)C)cn1N. The molecule has 0 aliphatic rings. The summed E-state index contributed by atoms with van der Waals surface area (Å²) in [6.45, 7) is 9.75. The largest absolute Gasteiger partial charge is 0.495 e. The number of nitrogens with two attached hydrogens (primary N) is 2. The Hall–Kier alpha value is -2.17. The zero-order valence-electron chi connectivity index (χ0n) is 12.0. The predicted molar refractivity (Wildman–Crippen MR) is 81.2 cm³/mol. The first kappa shape index (κ1) is 14.9. The maximum Gasteiger partial charge on any atom is 0.137 e. The van der Waals surface area contributed by atoms with E-state index in [1.165, 1.54) is 4.68 Å². The second kappa shape index (κ2) is 6.13. The van der Waals surface area contributed by atoms with Crippen LogP contribution in [0.1, 0.15) is 30.7 Å². The molecule has 104 valence electrons. The van der Waals surface area contributed by atoms with Gasteiger partial charge in [0.05, 0.1) is 7.11 Å². The highest BCUT2D eigenvalue weighted by atomic mass is 16.5. The van der Waals surface area contributed by atoms with Gasteiger partial charge < -0.3 is 16.3 Å². The van der Waals surface area contributed by atoms with E-state index in [1.54, 1.807) is 25.6 Å². The maximum absolute atomic E-state index is 6.04. The summed E-state index contributed by atoms with van der Waals surface area (Å²) in [6, 6.07) is 0.244. The van der Waals surface area contributed by atoms with Gasteiger partial charge in [-0.05, 0) is 32.4 Å². The highest BCUT2D eigenvalue weighted by Gasteiger charge is 2.15. The van der Waals surface area contributed by atoms with E-state index in [0.29, 0.717) is 11.5 Å². The molecule has 0 amide bonds. The summed E-state index contributed by atoms with van der Waals surface area (Å²) in [5.41, 5.74) is 9.16. The van der Waals surface area contributed by atoms with E-state index >= 15 is 0 Å². The molecule has 1 heterocycles. The molecule has 0 atom stereocenters. The van der Waals surface area contributed by atoms with Gasteiger partial charge in [0.2, 0.25) is 0 Å². The lowest BCUT2D eigenvalue weighted by Gasteiger charge is -2.06. The van der Waals surface area contributed by atoms with Crippen molar-refractivity contribution in [1.82, 2.24) is 4.68 Å². The highest BCUT2D eigenvalue weighted by Crippen LogP contribution is 2.24. The van der Waals surface area contributed by atoms with Crippen LogP contribution in [0.5, 0.6) is 0 Å². The van der Waals surface area contributed by atoms with Crippen LogP contribution < -0.4 is 11.6 Å². The Morgan fingerprint density at radius 1 is 1.53 bits per heavy atom. The van der Waals surface area contributed by atoms with Crippen LogP contribution in [-0.4, -0.2) is 24.0 Å². The molecule has 0 saturated carbocycles. The summed E-state index contributed by atoms with van der Waals surface area (Å²) >= 11 is 0. The lowest BCUT2D eigenvalue weighted by atomic mass is 10.1. The van der Waals surface area contributed by atoms with Crippen molar-refractivity contribution in [3.8, 4) is 0 Å². The van der Waals surface area contributed by atoms with Gasteiger partial charge in [-0.2, -0.15) is 0 Å². The zero-order chi connectivity index (χ0) is 14.6. The van der Waals surface area contributed by atoms with Gasteiger partial charge in [-0.15, -0.1) is 0 Å². The summed E-state index contributed by atoms with van der Waals surface area (Å²) < 4.78 is 6.59. The quantitative estimate of drug-likeness (QED) is 0.483. The number of hydrogen-bond acceptors (Lipinski definition) is 4. The fourth-order valence-electron chi connectivity index (χ4n) is 1.75. The van der Waals surface area contributed by atoms with Crippen molar-refractivity contribution < 1.29 is 4.74 Å². The number of nitrogens with zero attached hydrogens (tertiary/aromatic N) is 2. The summed E-state index contributed by atoms with van der Waals surface area (Å²) in [5, 5.41) is 0. The normalized spacial score (nSPS) is 12.4. The van der Waals surface area contributed by atoms with Crippen LogP contribution in [0.3, 0.4) is 0 Å². The summed E-state index contributed by atoms with van der Waals surface area (Å²) in [5.74, 6) is 6.40. The van der Waals surface area contributed by atoms with Crippen molar-refractivity contribution in [2.24, 2.45) is 10.7 Å². The first-order valence-electron chi connectivity index (χ1n) is 6.08. The molecule has 0 radical (unpaired) electrons. The average Bonchev–Trinajstić information content (AvgIpc) is 2.63. The fraction of sp³-hybridized carbons (Fsp3) is 0.357. The van der Waals surface area contributed by atoms with Gasteiger partial charge in [0.15, 0.2) is 0 Å². The maximum atomic E-state index is 6.04. The van der Waals surface area contributed by atoms with Crippen molar-refractivity contribution in [1.29, 1.82) is 0 Å². The molecule has 0 fully saturated rings. The van der Waals surface area contributed by atoms with Gasteiger partial charge in [0, 0.05) is 29.7 Å². The van der Waals surface area contributed by atoms with E-state index in [0.717, 1.165) is 16.8 Å². The van der Waals surface area contributed by atoms with Gasteiger partial charge in [-0.3, -0.25) is 9.67 Å². The standard InChI is InChI=1S/C14H22N4O/c1-9(2)17-7-6-13(15)12-8-18(16)14(10(12)3)11(4)19-5/h6-9H,4,15-16H2,1-3,5H3/b13-6-,17-7?. The molecule has 19 heavy (non-hydrogen) atoms. The zero-order valence-corrected chi connectivity index (χ0v) is 12.0. The van der Waals surface area contributed by atoms with Crippen molar-refractivity contribution in [2.45, 2.75) is 26.8 Å². The van der Waals surface area contributed by atoms with Crippen LogP contribution in [-0.2, 0) is 4.74 Å². The third-order valence-electron chi connectivity index (χ3n) is 2.75. The lowest BCUT2D eigenvalue weighted by molar-refractivity contribution is 0.368. The number of ether oxygens (including phenoxy) is 1. The second-order valence-electron chi connectivity index (χ2n) is 4.56. The van der Waals surface area contributed by atoms with Gasteiger partial charge in [0.1, 0.15) is 11.5 Å². The summed E-state index contributed by atoms with van der Waals surface area (Å²) in [4.78, 5) is 4.24. The van der Waals surface area contributed by atoms with Crippen molar-refractivity contribution in [3.05, 3.63) is 35.7 Å². The molecule has 0 spiro atoms. The molecule has 0 bridgehead atoms. The van der Waals surface area contributed by atoms with Crippen LogP contribution in [0.15, 0.2) is 23.8 Å². The molecule has 0 aliphatic carbocycles. The minimum absolute atomic E-state index is 0.244. The number of allylic oxidation sites excluding steroid dienone is 1. The number of hydrogen-bond donors (Lipinski definition) is 2. The number of nitrogen functional groups attached to an aromatic ring is 1. The summed E-state index contributed by atoms with van der Waals surface area (Å²) in [6.07, 6.45) is 5.23. The molecule has 1 aromatic heterocycles. The summed E-state index contributed by atoms with van der Waals surface area (Å²) in [7, 11) is 1.56. The van der Waals surface area contributed by atoms with Gasteiger partial charge in [-0.1, -0.05) is 6.58 Å². The molecule has 0 aromatic carbocycles. The molecule has 4 N–H and O–H groups in total. The number of rotatable bonds is 5. The molecule has 0 aliphatic heterocycles. The monoisotopic (exact) mass is 262 g/mol.